The van der Waals surface area contributed by atoms with Crippen molar-refractivity contribution in [2.24, 2.45) is 0 Å². The van der Waals surface area contributed by atoms with Gasteiger partial charge in [-0.1, -0.05) is 13.8 Å². The van der Waals surface area contributed by atoms with Crippen LogP contribution in [0.25, 0.3) is 0 Å². The lowest BCUT2D eigenvalue weighted by atomic mass is 9.94. The van der Waals surface area contributed by atoms with Gasteiger partial charge in [-0.15, -0.1) is 12.6 Å². The highest BCUT2D eigenvalue weighted by Gasteiger charge is 2.33. The number of benzene rings is 1. The number of hydrogen-bond donors (Lipinski definition) is 1. The number of ether oxygens (including phenoxy) is 1. The van der Waals surface area contributed by atoms with Crippen molar-refractivity contribution in [2.75, 3.05) is 0 Å². The summed E-state index contributed by atoms with van der Waals surface area (Å²) < 4.78 is 6.01. The van der Waals surface area contributed by atoms with Gasteiger partial charge in [-0.2, -0.15) is 0 Å². The fourth-order valence-electron chi connectivity index (χ4n) is 2.26. The Hall–Kier alpha value is -0.630. The molecule has 0 aromatic heterocycles. The molecule has 0 amide bonds. The van der Waals surface area contributed by atoms with Gasteiger partial charge in [-0.3, -0.25) is 0 Å². The van der Waals surface area contributed by atoms with E-state index in [1.54, 1.807) is 0 Å². The molecule has 2 rings (SSSR count). The van der Waals surface area contributed by atoms with Crippen LogP contribution in [0.1, 0.15) is 49.9 Å². The first-order chi connectivity index (χ1) is 7.83. The Morgan fingerprint density at radius 1 is 1.00 bits per heavy atom. The molecule has 1 aliphatic heterocycles. The molecule has 0 radical (unpaired) electrons. The first-order valence-corrected chi connectivity index (χ1v) is 6.79. The SMILES string of the molecule is CC.Cc1c(C)c2c(c(C)c1S)CC(C)(C)O2. The van der Waals surface area contributed by atoms with E-state index >= 15 is 0 Å². The molecule has 0 fully saturated rings. The zero-order chi connectivity index (χ0) is 13.4. The maximum atomic E-state index is 6.01. The highest BCUT2D eigenvalue weighted by Crippen LogP contribution is 2.43. The molecule has 0 N–H and O–H groups in total. The third-order valence-electron chi connectivity index (χ3n) is 3.32. The Morgan fingerprint density at radius 2 is 1.53 bits per heavy atom. The van der Waals surface area contributed by atoms with E-state index in [0.29, 0.717) is 0 Å². The topological polar surface area (TPSA) is 9.23 Å². The lowest BCUT2D eigenvalue weighted by Gasteiger charge is -2.18. The Balaban J connectivity index is 0.000000686. The summed E-state index contributed by atoms with van der Waals surface area (Å²) in [4.78, 5) is 1.12. The van der Waals surface area contributed by atoms with Gasteiger partial charge >= 0.3 is 0 Å². The van der Waals surface area contributed by atoms with Crippen LogP contribution in [0.4, 0.5) is 0 Å². The first kappa shape index (κ1) is 14.4. The average molecular weight is 252 g/mol. The maximum Gasteiger partial charge on any atom is 0.126 e. The zero-order valence-electron chi connectivity index (χ0n) is 12.1. The van der Waals surface area contributed by atoms with Gasteiger partial charge in [0.15, 0.2) is 0 Å². The van der Waals surface area contributed by atoms with Gasteiger partial charge < -0.3 is 4.74 Å². The van der Waals surface area contributed by atoms with Crippen molar-refractivity contribution in [1.82, 2.24) is 0 Å². The van der Waals surface area contributed by atoms with Crippen LogP contribution in [0.15, 0.2) is 4.90 Å². The molecule has 0 aliphatic carbocycles. The van der Waals surface area contributed by atoms with Crippen LogP contribution in [0, 0.1) is 20.8 Å². The van der Waals surface area contributed by atoms with Gasteiger partial charge in [0.05, 0.1) is 0 Å². The third-order valence-corrected chi connectivity index (χ3v) is 3.99. The fourth-order valence-corrected chi connectivity index (χ4v) is 2.56. The van der Waals surface area contributed by atoms with Crippen molar-refractivity contribution in [3.05, 3.63) is 22.3 Å². The van der Waals surface area contributed by atoms with E-state index in [1.807, 2.05) is 13.8 Å². The number of thiol groups is 1. The highest BCUT2D eigenvalue weighted by atomic mass is 32.1. The lowest BCUT2D eigenvalue weighted by molar-refractivity contribution is 0.137. The van der Waals surface area contributed by atoms with E-state index in [4.69, 9.17) is 4.74 Å². The predicted octanol–water partition coefficient (Wildman–Crippen LogP) is 4.64. The predicted molar refractivity (Wildman–Crippen MR) is 77.7 cm³/mol. The molecule has 1 aromatic carbocycles. The van der Waals surface area contributed by atoms with Crippen molar-refractivity contribution in [3.63, 3.8) is 0 Å². The molecular weight excluding hydrogens is 228 g/mol. The van der Waals surface area contributed by atoms with E-state index in [0.717, 1.165) is 17.1 Å². The lowest BCUT2D eigenvalue weighted by Crippen LogP contribution is -2.24. The summed E-state index contributed by atoms with van der Waals surface area (Å²) in [6.07, 6.45) is 0.989. The van der Waals surface area contributed by atoms with Gasteiger partial charge in [0, 0.05) is 16.9 Å². The second-order valence-electron chi connectivity index (χ2n) is 5.07. The molecule has 96 valence electrons. The molecule has 0 atom stereocenters. The van der Waals surface area contributed by atoms with Crippen molar-refractivity contribution < 1.29 is 4.74 Å². The molecule has 0 spiro atoms. The molecule has 2 heteroatoms. The second-order valence-corrected chi connectivity index (χ2v) is 5.52. The van der Waals surface area contributed by atoms with E-state index in [-0.39, 0.29) is 5.60 Å². The molecule has 1 aromatic rings. The molecule has 17 heavy (non-hydrogen) atoms. The molecule has 0 bridgehead atoms. The van der Waals surface area contributed by atoms with E-state index < -0.39 is 0 Å². The summed E-state index contributed by atoms with van der Waals surface area (Å²) in [5, 5.41) is 0. The molecule has 0 saturated carbocycles. The van der Waals surface area contributed by atoms with Crippen LogP contribution in [-0.2, 0) is 6.42 Å². The van der Waals surface area contributed by atoms with Crippen molar-refractivity contribution >= 4 is 12.6 Å². The molecule has 1 aliphatic rings. The van der Waals surface area contributed by atoms with Crippen LogP contribution >= 0.6 is 12.6 Å². The Kier molecular flexibility index (Phi) is 4.19. The number of fused-ring (bicyclic) bond motifs is 1. The first-order valence-electron chi connectivity index (χ1n) is 6.34. The normalized spacial score (nSPS) is 15.8. The summed E-state index contributed by atoms with van der Waals surface area (Å²) in [6.45, 7) is 14.6. The summed E-state index contributed by atoms with van der Waals surface area (Å²) in [5.74, 6) is 1.09. The summed E-state index contributed by atoms with van der Waals surface area (Å²) in [5.41, 5.74) is 5.04. The quantitative estimate of drug-likeness (QED) is 0.662. The third kappa shape index (κ3) is 2.47. The minimum absolute atomic E-state index is 0.0636. The van der Waals surface area contributed by atoms with Gasteiger partial charge in [0.1, 0.15) is 11.4 Å². The monoisotopic (exact) mass is 252 g/mol. The smallest absolute Gasteiger partial charge is 0.126 e. The van der Waals surface area contributed by atoms with Gasteiger partial charge in [-0.05, 0) is 51.3 Å². The fraction of sp³-hybridized carbons (Fsp3) is 0.600. The van der Waals surface area contributed by atoms with Crippen LogP contribution in [-0.4, -0.2) is 5.60 Å². The zero-order valence-corrected chi connectivity index (χ0v) is 13.0. The minimum Gasteiger partial charge on any atom is -0.487 e. The molecule has 0 unspecified atom stereocenters. The molecule has 1 heterocycles. The van der Waals surface area contributed by atoms with Crippen LogP contribution < -0.4 is 4.74 Å². The minimum atomic E-state index is -0.0636. The van der Waals surface area contributed by atoms with Gasteiger partial charge in [0.2, 0.25) is 0 Å². The van der Waals surface area contributed by atoms with E-state index in [9.17, 15) is 0 Å². The van der Waals surface area contributed by atoms with Crippen LogP contribution in [0.2, 0.25) is 0 Å². The highest BCUT2D eigenvalue weighted by molar-refractivity contribution is 7.80. The number of rotatable bonds is 0. The van der Waals surface area contributed by atoms with Crippen molar-refractivity contribution in [2.45, 2.75) is 65.4 Å². The van der Waals surface area contributed by atoms with Crippen molar-refractivity contribution in [1.29, 1.82) is 0 Å². The molecular formula is C15H24OS. The second kappa shape index (κ2) is 4.93. The molecule has 1 nitrogen and oxygen atoms in total. The average Bonchev–Trinajstić information content (AvgIpc) is 2.63. The molecule has 0 saturated heterocycles. The maximum absolute atomic E-state index is 6.01. The van der Waals surface area contributed by atoms with Gasteiger partial charge in [0.25, 0.3) is 0 Å². The van der Waals surface area contributed by atoms with E-state index in [2.05, 4.69) is 47.2 Å². The Bertz CT molecular complexity index is 394. The standard InChI is InChI=1S/C13H18OS.C2H6/c1-7-8(2)12(15)9(3)10-6-13(4,5)14-11(7)10;1-2/h15H,6H2,1-5H3;1-2H3. The Morgan fingerprint density at radius 3 is 2.06 bits per heavy atom. The summed E-state index contributed by atoms with van der Waals surface area (Å²) >= 11 is 4.58. The van der Waals surface area contributed by atoms with Crippen LogP contribution in [0.5, 0.6) is 5.75 Å². The number of hydrogen-bond acceptors (Lipinski definition) is 2. The van der Waals surface area contributed by atoms with Crippen molar-refractivity contribution in [3.8, 4) is 5.75 Å². The van der Waals surface area contributed by atoms with E-state index in [1.165, 1.54) is 22.3 Å². The van der Waals surface area contributed by atoms with Gasteiger partial charge in [-0.25, -0.2) is 0 Å². The summed E-state index contributed by atoms with van der Waals surface area (Å²) in [7, 11) is 0. The Labute approximate surface area is 111 Å². The van der Waals surface area contributed by atoms with Crippen LogP contribution in [0.3, 0.4) is 0 Å². The summed E-state index contributed by atoms with van der Waals surface area (Å²) in [6, 6.07) is 0. The largest absolute Gasteiger partial charge is 0.487 e.